The minimum atomic E-state index is -0.314. The Morgan fingerprint density at radius 1 is 1.13 bits per heavy atom. The highest BCUT2D eigenvalue weighted by Gasteiger charge is 2.24. The van der Waals surface area contributed by atoms with E-state index in [2.05, 4.69) is 5.32 Å². The van der Waals surface area contributed by atoms with Gasteiger partial charge in [-0.05, 0) is 30.5 Å². The molecule has 2 rings (SSSR count). The standard InChI is InChI=1S/C17H23NO5/c1-21-14-8-7-12(9-15(14)22-2)10-18-16(19)11-23-17(20)13-5-3-4-6-13/h7-9,13H,3-6,10-11H2,1-2H3,(H,18,19). The van der Waals surface area contributed by atoms with Gasteiger partial charge in [0.15, 0.2) is 18.1 Å². The van der Waals surface area contributed by atoms with Crippen LogP contribution in [0.1, 0.15) is 31.2 Å². The molecule has 0 unspecified atom stereocenters. The maximum Gasteiger partial charge on any atom is 0.309 e. The van der Waals surface area contributed by atoms with Crippen LogP contribution < -0.4 is 14.8 Å². The number of ether oxygens (including phenoxy) is 3. The second-order valence-corrected chi connectivity index (χ2v) is 5.56. The molecule has 6 heteroatoms. The van der Waals surface area contributed by atoms with Gasteiger partial charge in [0.05, 0.1) is 20.1 Å². The molecule has 126 valence electrons. The monoisotopic (exact) mass is 321 g/mol. The molecule has 1 fully saturated rings. The van der Waals surface area contributed by atoms with Crippen molar-refractivity contribution in [1.82, 2.24) is 5.32 Å². The zero-order valence-electron chi connectivity index (χ0n) is 13.6. The molecule has 1 aromatic carbocycles. The average molecular weight is 321 g/mol. The van der Waals surface area contributed by atoms with E-state index < -0.39 is 0 Å². The van der Waals surface area contributed by atoms with Crippen molar-refractivity contribution in [1.29, 1.82) is 0 Å². The lowest BCUT2D eigenvalue weighted by molar-refractivity contribution is -0.152. The molecule has 1 N–H and O–H groups in total. The van der Waals surface area contributed by atoms with Crippen LogP contribution >= 0.6 is 0 Å². The van der Waals surface area contributed by atoms with Gasteiger partial charge in [0.2, 0.25) is 0 Å². The highest BCUT2D eigenvalue weighted by atomic mass is 16.5. The Hall–Kier alpha value is -2.24. The number of hydrogen-bond acceptors (Lipinski definition) is 5. The van der Waals surface area contributed by atoms with Crippen molar-refractivity contribution in [2.75, 3.05) is 20.8 Å². The highest BCUT2D eigenvalue weighted by molar-refractivity contribution is 5.81. The van der Waals surface area contributed by atoms with E-state index in [1.54, 1.807) is 26.4 Å². The van der Waals surface area contributed by atoms with Crippen LogP contribution in [-0.2, 0) is 20.9 Å². The van der Waals surface area contributed by atoms with Gasteiger partial charge in [-0.2, -0.15) is 0 Å². The van der Waals surface area contributed by atoms with Gasteiger partial charge in [0.25, 0.3) is 5.91 Å². The Balaban J connectivity index is 1.76. The van der Waals surface area contributed by atoms with E-state index in [1.165, 1.54) is 0 Å². The van der Waals surface area contributed by atoms with Crippen molar-refractivity contribution in [3.05, 3.63) is 23.8 Å². The van der Waals surface area contributed by atoms with Crippen LogP contribution in [-0.4, -0.2) is 32.7 Å². The smallest absolute Gasteiger partial charge is 0.309 e. The quantitative estimate of drug-likeness (QED) is 0.778. The summed E-state index contributed by atoms with van der Waals surface area (Å²) in [6.45, 7) is 0.1000. The third kappa shape index (κ3) is 4.87. The largest absolute Gasteiger partial charge is 0.493 e. The highest BCUT2D eigenvalue weighted by Crippen LogP contribution is 2.27. The van der Waals surface area contributed by atoms with Crippen LogP contribution in [0.3, 0.4) is 0 Å². The summed E-state index contributed by atoms with van der Waals surface area (Å²) in [5, 5.41) is 2.72. The van der Waals surface area contributed by atoms with E-state index in [-0.39, 0.29) is 24.4 Å². The van der Waals surface area contributed by atoms with Gasteiger partial charge in [0, 0.05) is 6.54 Å². The zero-order valence-corrected chi connectivity index (χ0v) is 13.6. The van der Waals surface area contributed by atoms with E-state index in [0.29, 0.717) is 18.0 Å². The molecule has 0 aromatic heterocycles. The summed E-state index contributed by atoms with van der Waals surface area (Å²) in [6.07, 6.45) is 3.86. The van der Waals surface area contributed by atoms with Crippen LogP contribution in [0.25, 0.3) is 0 Å². The van der Waals surface area contributed by atoms with Gasteiger partial charge in [-0.25, -0.2) is 0 Å². The van der Waals surface area contributed by atoms with E-state index in [4.69, 9.17) is 14.2 Å². The Kier molecular flexibility index (Phi) is 6.26. The number of carbonyl (C=O) groups excluding carboxylic acids is 2. The van der Waals surface area contributed by atoms with Crippen LogP contribution in [0.5, 0.6) is 11.5 Å². The first-order valence-corrected chi connectivity index (χ1v) is 7.78. The Morgan fingerprint density at radius 3 is 2.48 bits per heavy atom. The summed E-state index contributed by atoms with van der Waals surface area (Å²) in [7, 11) is 3.13. The minimum Gasteiger partial charge on any atom is -0.493 e. The van der Waals surface area contributed by atoms with Crippen LogP contribution in [0.2, 0.25) is 0 Å². The van der Waals surface area contributed by atoms with Gasteiger partial charge in [-0.15, -0.1) is 0 Å². The maximum atomic E-state index is 11.8. The number of rotatable bonds is 7. The molecule has 0 aliphatic heterocycles. The van der Waals surface area contributed by atoms with Crippen LogP contribution in [0, 0.1) is 5.92 Å². The molecule has 1 aliphatic carbocycles. The summed E-state index contributed by atoms with van der Waals surface area (Å²) in [5.41, 5.74) is 0.873. The van der Waals surface area contributed by atoms with E-state index in [1.807, 2.05) is 6.07 Å². The number of benzene rings is 1. The lowest BCUT2D eigenvalue weighted by Crippen LogP contribution is -2.29. The molecular weight excluding hydrogens is 298 g/mol. The third-order valence-corrected chi connectivity index (χ3v) is 3.97. The van der Waals surface area contributed by atoms with Gasteiger partial charge < -0.3 is 19.5 Å². The molecule has 0 radical (unpaired) electrons. The number of esters is 1. The molecular formula is C17H23NO5. The van der Waals surface area contributed by atoms with Crippen molar-refractivity contribution in [3.8, 4) is 11.5 Å². The van der Waals surface area contributed by atoms with Gasteiger partial charge in [-0.3, -0.25) is 9.59 Å². The fourth-order valence-electron chi connectivity index (χ4n) is 2.66. The summed E-state index contributed by atoms with van der Waals surface area (Å²) in [4.78, 5) is 23.5. The van der Waals surface area contributed by atoms with Crippen molar-refractivity contribution in [3.63, 3.8) is 0 Å². The molecule has 0 spiro atoms. The number of methoxy groups -OCH3 is 2. The summed E-state index contributed by atoms with van der Waals surface area (Å²) >= 11 is 0. The van der Waals surface area contributed by atoms with Crippen molar-refractivity contribution in [2.45, 2.75) is 32.2 Å². The summed E-state index contributed by atoms with van der Waals surface area (Å²) < 4.78 is 15.4. The minimum absolute atomic E-state index is 0.0337. The van der Waals surface area contributed by atoms with Gasteiger partial charge in [-0.1, -0.05) is 18.9 Å². The molecule has 1 aliphatic rings. The van der Waals surface area contributed by atoms with Crippen LogP contribution in [0.15, 0.2) is 18.2 Å². The number of nitrogens with one attached hydrogen (secondary N) is 1. The van der Waals surface area contributed by atoms with Crippen LogP contribution in [0.4, 0.5) is 0 Å². The molecule has 23 heavy (non-hydrogen) atoms. The Labute approximate surface area is 136 Å². The number of amides is 1. The number of carbonyl (C=O) groups is 2. The van der Waals surface area contributed by atoms with Gasteiger partial charge in [0.1, 0.15) is 0 Å². The molecule has 1 amide bonds. The molecule has 0 bridgehead atoms. The fourth-order valence-corrected chi connectivity index (χ4v) is 2.66. The summed E-state index contributed by atoms with van der Waals surface area (Å²) in [5.74, 6) is 0.628. The number of hydrogen-bond donors (Lipinski definition) is 1. The second kappa shape index (κ2) is 8.41. The SMILES string of the molecule is COc1ccc(CNC(=O)COC(=O)C2CCCC2)cc1OC. The predicted molar refractivity (Wildman–Crippen MR) is 84.3 cm³/mol. The molecule has 1 saturated carbocycles. The maximum absolute atomic E-state index is 11.8. The Morgan fingerprint density at radius 2 is 1.83 bits per heavy atom. The first-order chi connectivity index (χ1) is 11.1. The molecule has 6 nitrogen and oxygen atoms in total. The van der Waals surface area contributed by atoms with Crippen molar-refractivity contribution < 1.29 is 23.8 Å². The van der Waals surface area contributed by atoms with Crippen molar-refractivity contribution >= 4 is 11.9 Å². The first kappa shape index (κ1) is 17.1. The van der Waals surface area contributed by atoms with E-state index in [9.17, 15) is 9.59 Å². The fraction of sp³-hybridized carbons (Fsp3) is 0.529. The zero-order chi connectivity index (χ0) is 16.7. The average Bonchev–Trinajstić information content (AvgIpc) is 3.12. The van der Waals surface area contributed by atoms with E-state index >= 15 is 0 Å². The predicted octanol–water partition coefficient (Wildman–Crippen LogP) is 2.05. The first-order valence-electron chi connectivity index (χ1n) is 7.78. The van der Waals surface area contributed by atoms with Gasteiger partial charge >= 0.3 is 5.97 Å². The molecule has 0 heterocycles. The molecule has 1 aromatic rings. The van der Waals surface area contributed by atoms with E-state index in [0.717, 1.165) is 31.2 Å². The van der Waals surface area contributed by atoms with Crippen molar-refractivity contribution in [2.24, 2.45) is 5.92 Å². The lowest BCUT2D eigenvalue weighted by atomic mass is 10.1. The second-order valence-electron chi connectivity index (χ2n) is 5.56. The summed E-state index contributed by atoms with van der Waals surface area (Å²) in [6, 6.07) is 5.41. The molecule has 0 saturated heterocycles. The molecule has 0 atom stereocenters. The topological polar surface area (TPSA) is 73.9 Å². The Bertz CT molecular complexity index is 552. The lowest BCUT2D eigenvalue weighted by Gasteiger charge is -2.11. The normalized spacial score (nSPS) is 14.3. The third-order valence-electron chi connectivity index (χ3n) is 3.97.